The molecule has 0 bridgehead atoms. The lowest BCUT2D eigenvalue weighted by atomic mass is 9.94. The standard InChI is InChI=1S/C15H25N3O4S/c1-3-21-13-9-14(10-13)23(19,20)18-6-4-12(5-7-18)8-15-16-11(2)22-17-15/h12-14H,3-10H2,1-2H3. The normalized spacial score (nSPS) is 27.0. The molecule has 0 aromatic carbocycles. The predicted octanol–water partition coefficient (Wildman–Crippen LogP) is 1.53. The summed E-state index contributed by atoms with van der Waals surface area (Å²) in [4.78, 5) is 4.23. The second-order valence-corrected chi connectivity index (χ2v) is 8.70. The van der Waals surface area contributed by atoms with Gasteiger partial charge in [0, 0.05) is 33.0 Å². The van der Waals surface area contributed by atoms with Crippen molar-refractivity contribution in [3.8, 4) is 0 Å². The first kappa shape index (κ1) is 16.9. The lowest BCUT2D eigenvalue weighted by molar-refractivity contribution is 0.0110. The molecule has 130 valence electrons. The van der Waals surface area contributed by atoms with Gasteiger partial charge in [0.1, 0.15) is 0 Å². The number of aryl methyl sites for hydroxylation is 1. The van der Waals surface area contributed by atoms with Gasteiger partial charge in [0.15, 0.2) is 5.82 Å². The average molecular weight is 343 g/mol. The first-order valence-electron chi connectivity index (χ1n) is 8.38. The van der Waals surface area contributed by atoms with Crippen LogP contribution < -0.4 is 0 Å². The summed E-state index contributed by atoms with van der Waals surface area (Å²) >= 11 is 0. The van der Waals surface area contributed by atoms with Crippen molar-refractivity contribution in [3.05, 3.63) is 11.7 Å². The molecule has 0 radical (unpaired) electrons. The Morgan fingerprint density at radius 1 is 1.30 bits per heavy atom. The number of piperidine rings is 1. The molecule has 0 spiro atoms. The van der Waals surface area contributed by atoms with E-state index in [-0.39, 0.29) is 11.4 Å². The maximum absolute atomic E-state index is 12.6. The molecule has 0 N–H and O–H groups in total. The third-order valence-electron chi connectivity index (χ3n) is 4.85. The molecule has 8 heteroatoms. The summed E-state index contributed by atoms with van der Waals surface area (Å²) in [5, 5.41) is 3.67. The Labute approximate surface area is 137 Å². The maximum atomic E-state index is 12.6. The molecule has 2 fully saturated rings. The van der Waals surface area contributed by atoms with Crippen LogP contribution in [0.15, 0.2) is 4.52 Å². The predicted molar refractivity (Wildman–Crippen MR) is 84.4 cm³/mol. The maximum Gasteiger partial charge on any atom is 0.223 e. The summed E-state index contributed by atoms with van der Waals surface area (Å²) in [6.07, 6.45) is 3.87. The minimum Gasteiger partial charge on any atom is -0.378 e. The van der Waals surface area contributed by atoms with E-state index >= 15 is 0 Å². The summed E-state index contributed by atoms with van der Waals surface area (Å²) in [5.74, 6) is 1.73. The van der Waals surface area contributed by atoms with Gasteiger partial charge in [0.25, 0.3) is 0 Å². The Kier molecular flexibility index (Phi) is 5.03. The van der Waals surface area contributed by atoms with Crippen molar-refractivity contribution in [2.45, 2.75) is 57.3 Å². The SMILES string of the molecule is CCOC1CC(S(=O)(=O)N2CCC(Cc3noc(C)n3)CC2)C1. The van der Waals surface area contributed by atoms with Crippen LogP contribution in [0.4, 0.5) is 0 Å². The average Bonchev–Trinajstić information content (AvgIpc) is 2.88. The van der Waals surface area contributed by atoms with Crippen LogP contribution in [0.25, 0.3) is 0 Å². The highest BCUT2D eigenvalue weighted by Gasteiger charge is 2.43. The zero-order valence-corrected chi connectivity index (χ0v) is 14.6. The van der Waals surface area contributed by atoms with Crippen LogP contribution in [0.5, 0.6) is 0 Å². The molecule has 1 saturated heterocycles. The number of sulfonamides is 1. The summed E-state index contributed by atoms with van der Waals surface area (Å²) in [6, 6.07) is 0. The quantitative estimate of drug-likeness (QED) is 0.779. The van der Waals surface area contributed by atoms with E-state index in [1.165, 1.54) is 0 Å². The van der Waals surface area contributed by atoms with Gasteiger partial charge in [-0.25, -0.2) is 12.7 Å². The number of nitrogens with zero attached hydrogens (tertiary/aromatic N) is 3. The molecule has 3 rings (SSSR count). The topological polar surface area (TPSA) is 85.5 Å². The van der Waals surface area contributed by atoms with E-state index in [1.54, 1.807) is 11.2 Å². The fraction of sp³-hybridized carbons (Fsp3) is 0.867. The largest absolute Gasteiger partial charge is 0.378 e. The van der Waals surface area contributed by atoms with E-state index < -0.39 is 10.0 Å². The number of rotatable bonds is 6. The highest BCUT2D eigenvalue weighted by atomic mass is 32.2. The zero-order chi connectivity index (χ0) is 16.4. The second kappa shape index (κ2) is 6.86. The van der Waals surface area contributed by atoms with Gasteiger partial charge in [-0.1, -0.05) is 5.16 Å². The first-order valence-corrected chi connectivity index (χ1v) is 9.89. The van der Waals surface area contributed by atoms with Crippen molar-refractivity contribution in [2.24, 2.45) is 5.92 Å². The molecule has 0 unspecified atom stereocenters. The van der Waals surface area contributed by atoms with Crippen LogP contribution in [0.3, 0.4) is 0 Å². The Morgan fingerprint density at radius 2 is 2.00 bits per heavy atom. The van der Waals surface area contributed by atoms with Crippen LogP contribution in [-0.4, -0.2) is 53.9 Å². The molecular weight excluding hydrogens is 318 g/mol. The van der Waals surface area contributed by atoms with Crippen molar-refractivity contribution in [1.29, 1.82) is 0 Å². The van der Waals surface area contributed by atoms with E-state index in [0.717, 1.165) is 25.1 Å². The Bertz CT molecular complexity index is 616. The molecule has 2 heterocycles. The van der Waals surface area contributed by atoms with Gasteiger partial charge in [0.2, 0.25) is 15.9 Å². The zero-order valence-electron chi connectivity index (χ0n) is 13.8. The Balaban J connectivity index is 1.48. The summed E-state index contributed by atoms with van der Waals surface area (Å²) in [6.45, 7) is 5.56. The molecule has 1 aliphatic heterocycles. The number of hydrogen-bond donors (Lipinski definition) is 0. The molecule has 1 aromatic heterocycles. The summed E-state index contributed by atoms with van der Waals surface area (Å²) in [7, 11) is -3.17. The molecule has 23 heavy (non-hydrogen) atoms. The van der Waals surface area contributed by atoms with Crippen molar-refractivity contribution in [3.63, 3.8) is 0 Å². The van der Waals surface area contributed by atoms with Gasteiger partial charge in [0.05, 0.1) is 11.4 Å². The van der Waals surface area contributed by atoms with Gasteiger partial charge < -0.3 is 9.26 Å². The number of aromatic nitrogens is 2. The van der Waals surface area contributed by atoms with Crippen LogP contribution in [0.2, 0.25) is 0 Å². The fourth-order valence-electron chi connectivity index (χ4n) is 3.39. The fourth-order valence-corrected chi connectivity index (χ4v) is 5.45. The number of ether oxygens (including phenoxy) is 1. The lowest BCUT2D eigenvalue weighted by Gasteiger charge is -2.39. The van der Waals surface area contributed by atoms with Crippen molar-refractivity contribution in [1.82, 2.24) is 14.4 Å². The number of hydrogen-bond acceptors (Lipinski definition) is 6. The summed E-state index contributed by atoms with van der Waals surface area (Å²) < 4.78 is 37.4. The molecule has 1 aliphatic carbocycles. The van der Waals surface area contributed by atoms with Gasteiger partial charge in [-0.2, -0.15) is 4.98 Å². The minimum atomic E-state index is -3.17. The molecule has 1 saturated carbocycles. The molecular formula is C15H25N3O4S. The smallest absolute Gasteiger partial charge is 0.223 e. The van der Waals surface area contributed by atoms with Gasteiger partial charge in [-0.3, -0.25) is 0 Å². The monoisotopic (exact) mass is 343 g/mol. The summed E-state index contributed by atoms with van der Waals surface area (Å²) in [5.41, 5.74) is 0. The van der Waals surface area contributed by atoms with Crippen molar-refractivity contribution < 1.29 is 17.7 Å². The van der Waals surface area contributed by atoms with E-state index in [2.05, 4.69) is 10.1 Å². The van der Waals surface area contributed by atoms with Crippen LogP contribution in [0, 0.1) is 12.8 Å². The van der Waals surface area contributed by atoms with E-state index in [9.17, 15) is 8.42 Å². The highest BCUT2D eigenvalue weighted by molar-refractivity contribution is 7.89. The lowest BCUT2D eigenvalue weighted by Crippen LogP contribution is -2.50. The molecule has 2 aliphatic rings. The second-order valence-electron chi connectivity index (χ2n) is 6.49. The Morgan fingerprint density at radius 3 is 2.57 bits per heavy atom. The highest BCUT2D eigenvalue weighted by Crippen LogP contribution is 2.33. The first-order chi connectivity index (χ1) is 11.0. The molecule has 0 atom stereocenters. The van der Waals surface area contributed by atoms with E-state index in [4.69, 9.17) is 9.26 Å². The van der Waals surface area contributed by atoms with Crippen LogP contribution in [-0.2, 0) is 21.2 Å². The van der Waals surface area contributed by atoms with Gasteiger partial charge in [-0.05, 0) is 38.5 Å². The van der Waals surface area contributed by atoms with E-state index in [1.807, 2.05) is 6.92 Å². The van der Waals surface area contributed by atoms with Crippen molar-refractivity contribution >= 4 is 10.0 Å². The Hall–Kier alpha value is -0.990. The van der Waals surface area contributed by atoms with Gasteiger partial charge >= 0.3 is 0 Å². The molecule has 1 aromatic rings. The molecule has 0 amide bonds. The third kappa shape index (κ3) is 3.75. The molecule has 7 nitrogen and oxygen atoms in total. The van der Waals surface area contributed by atoms with E-state index in [0.29, 0.717) is 44.3 Å². The van der Waals surface area contributed by atoms with Gasteiger partial charge in [-0.15, -0.1) is 0 Å². The van der Waals surface area contributed by atoms with Crippen LogP contribution in [0.1, 0.15) is 44.3 Å². The third-order valence-corrected chi connectivity index (χ3v) is 7.16. The van der Waals surface area contributed by atoms with Crippen molar-refractivity contribution in [2.75, 3.05) is 19.7 Å². The van der Waals surface area contributed by atoms with Crippen LogP contribution >= 0.6 is 0 Å². The minimum absolute atomic E-state index is 0.124.